The Morgan fingerprint density at radius 3 is 2.07 bits per heavy atom. The fourth-order valence-electron chi connectivity index (χ4n) is 2.78. The van der Waals surface area contributed by atoms with Crippen LogP contribution < -0.4 is 9.62 Å². The van der Waals surface area contributed by atoms with E-state index in [1.807, 2.05) is 19.1 Å². The number of benzene rings is 2. The fourth-order valence-corrected chi connectivity index (χ4v) is 3.90. The molecule has 152 valence electrons. The quantitative estimate of drug-likeness (QED) is 0.686. The molecule has 0 saturated carbocycles. The van der Waals surface area contributed by atoms with E-state index in [1.165, 1.54) is 5.56 Å². The third-order valence-electron chi connectivity index (χ3n) is 4.46. The maximum atomic E-state index is 12.5. The largest absolute Gasteiger partial charge is 0.348 e. The normalized spacial score (nSPS) is 13.1. The summed E-state index contributed by atoms with van der Waals surface area (Å²) in [5.41, 5.74) is 2.69. The first-order chi connectivity index (χ1) is 12.9. The van der Waals surface area contributed by atoms with E-state index in [9.17, 15) is 13.2 Å². The molecule has 0 unspecified atom stereocenters. The van der Waals surface area contributed by atoms with Gasteiger partial charge in [0.1, 0.15) is 6.54 Å². The van der Waals surface area contributed by atoms with Crippen LogP contribution in [0.15, 0.2) is 53.0 Å². The SMILES string of the molecule is C[C@H](NC(=O)CN(c1ccc(Br)cc1)S(C)(=O)=O)c1ccc(C(C)(C)C)cc1. The highest BCUT2D eigenvalue weighted by molar-refractivity contribution is 9.10. The number of hydrogen-bond acceptors (Lipinski definition) is 3. The second-order valence-corrected chi connectivity index (χ2v) is 10.7. The first kappa shape index (κ1) is 22.4. The summed E-state index contributed by atoms with van der Waals surface area (Å²) in [5.74, 6) is -0.360. The van der Waals surface area contributed by atoms with E-state index >= 15 is 0 Å². The molecule has 0 aliphatic heterocycles. The lowest BCUT2D eigenvalue weighted by Crippen LogP contribution is -2.41. The van der Waals surface area contributed by atoms with Gasteiger partial charge in [-0.05, 0) is 47.7 Å². The molecular formula is C21H27BrN2O3S. The van der Waals surface area contributed by atoms with E-state index in [0.717, 1.165) is 20.6 Å². The Labute approximate surface area is 176 Å². The molecule has 2 aromatic rings. The Balaban J connectivity index is 2.11. The molecule has 1 atom stereocenters. The van der Waals surface area contributed by atoms with Crippen LogP contribution in [0.2, 0.25) is 0 Å². The van der Waals surface area contributed by atoms with Gasteiger partial charge in [0, 0.05) is 4.47 Å². The van der Waals surface area contributed by atoms with Gasteiger partial charge in [-0.1, -0.05) is 61.0 Å². The molecule has 0 heterocycles. The number of sulfonamides is 1. The highest BCUT2D eigenvalue weighted by Gasteiger charge is 2.22. The van der Waals surface area contributed by atoms with Gasteiger partial charge in [-0.2, -0.15) is 0 Å². The first-order valence-corrected chi connectivity index (χ1v) is 11.6. The maximum absolute atomic E-state index is 12.5. The van der Waals surface area contributed by atoms with Crippen LogP contribution in [0.5, 0.6) is 0 Å². The molecule has 1 N–H and O–H groups in total. The van der Waals surface area contributed by atoms with Crippen molar-refractivity contribution in [1.29, 1.82) is 0 Å². The molecule has 0 aliphatic carbocycles. The van der Waals surface area contributed by atoms with Gasteiger partial charge in [-0.15, -0.1) is 0 Å². The third kappa shape index (κ3) is 6.07. The Kier molecular flexibility index (Phi) is 6.93. The molecule has 0 radical (unpaired) electrons. The Bertz CT molecular complexity index is 918. The summed E-state index contributed by atoms with van der Waals surface area (Å²) in [7, 11) is -3.59. The van der Waals surface area contributed by atoms with Crippen molar-refractivity contribution in [2.75, 3.05) is 17.1 Å². The number of nitrogens with zero attached hydrogens (tertiary/aromatic N) is 1. The average Bonchev–Trinajstić information content (AvgIpc) is 2.59. The number of nitrogens with one attached hydrogen (secondary N) is 1. The van der Waals surface area contributed by atoms with E-state index in [-0.39, 0.29) is 23.9 Å². The zero-order valence-electron chi connectivity index (χ0n) is 16.9. The molecule has 2 rings (SSSR count). The summed E-state index contributed by atoms with van der Waals surface area (Å²) in [5, 5.41) is 2.88. The topological polar surface area (TPSA) is 66.5 Å². The second kappa shape index (κ2) is 8.66. The van der Waals surface area contributed by atoms with Crippen LogP contribution in [-0.2, 0) is 20.2 Å². The van der Waals surface area contributed by atoms with Gasteiger partial charge in [0.25, 0.3) is 0 Å². The van der Waals surface area contributed by atoms with Gasteiger partial charge in [0.15, 0.2) is 0 Å². The standard InChI is InChI=1S/C21H27BrN2O3S/c1-15(16-6-8-17(9-7-16)21(2,3)4)23-20(25)14-24(28(5,26)27)19-12-10-18(22)11-13-19/h6-13,15H,14H2,1-5H3,(H,23,25)/t15-/m0/s1. The molecule has 28 heavy (non-hydrogen) atoms. The molecule has 1 amide bonds. The van der Waals surface area contributed by atoms with Crippen molar-refractivity contribution in [3.05, 3.63) is 64.1 Å². The van der Waals surface area contributed by atoms with Crippen LogP contribution in [0.3, 0.4) is 0 Å². The van der Waals surface area contributed by atoms with E-state index in [1.54, 1.807) is 24.3 Å². The molecule has 0 spiro atoms. The van der Waals surface area contributed by atoms with Crippen molar-refractivity contribution in [1.82, 2.24) is 5.32 Å². The molecule has 0 saturated heterocycles. The number of anilines is 1. The maximum Gasteiger partial charge on any atom is 0.241 e. The minimum Gasteiger partial charge on any atom is -0.348 e. The van der Waals surface area contributed by atoms with Crippen molar-refractivity contribution in [2.45, 2.75) is 39.2 Å². The summed E-state index contributed by atoms with van der Waals surface area (Å²) in [6.45, 7) is 8.05. The zero-order valence-corrected chi connectivity index (χ0v) is 19.3. The third-order valence-corrected chi connectivity index (χ3v) is 6.13. The minimum absolute atomic E-state index is 0.0612. The highest BCUT2D eigenvalue weighted by Crippen LogP contribution is 2.24. The van der Waals surface area contributed by atoms with Gasteiger partial charge in [0.2, 0.25) is 15.9 Å². The van der Waals surface area contributed by atoms with Gasteiger partial charge < -0.3 is 5.32 Å². The Morgan fingerprint density at radius 1 is 1.07 bits per heavy atom. The van der Waals surface area contributed by atoms with Crippen molar-refractivity contribution in [3.8, 4) is 0 Å². The van der Waals surface area contributed by atoms with Crippen molar-refractivity contribution in [2.24, 2.45) is 0 Å². The number of rotatable bonds is 6. The van der Waals surface area contributed by atoms with Crippen LogP contribution in [0.4, 0.5) is 5.69 Å². The lowest BCUT2D eigenvalue weighted by molar-refractivity contribution is -0.120. The number of hydrogen-bond donors (Lipinski definition) is 1. The van der Waals surface area contributed by atoms with Crippen LogP contribution in [0.25, 0.3) is 0 Å². The second-order valence-electron chi connectivity index (χ2n) is 7.91. The van der Waals surface area contributed by atoms with Crippen LogP contribution >= 0.6 is 15.9 Å². The number of halogens is 1. The molecule has 0 bridgehead atoms. The predicted octanol–water partition coefficient (Wildman–Crippen LogP) is 4.39. The molecule has 0 aliphatic rings. The summed E-state index contributed by atoms with van der Waals surface area (Å²) < 4.78 is 26.3. The van der Waals surface area contributed by atoms with E-state index in [2.05, 4.69) is 54.2 Å². The smallest absolute Gasteiger partial charge is 0.241 e. The summed E-state index contributed by atoms with van der Waals surface area (Å²) in [6, 6.07) is 14.7. The number of carbonyl (C=O) groups excluding carboxylic acids is 1. The zero-order chi connectivity index (χ0) is 21.1. The van der Waals surface area contributed by atoms with Gasteiger partial charge in [-0.3, -0.25) is 9.10 Å². The highest BCUT2D eigenvalue weighted by atomic mass is 79.9. The van der Waals surface area contributed by atoms with Crippen molar-refractivity contribution >= 4 is 37.5 Å². The summed E-state index contributed by atoms with van der Waals surface area (Å²) in [4.78, 5) is 12.5. The van der Waals surface area contributed by atoms with Crippen molar-refractivity contribution in [3.63, 3.8) is 0 Å². The summed E-state index contributed by atoms with van der Waals surface area (Å²) in [6.07, 6.45) is 1.09. The Hall–Kier alpha value is -1.86. The predicted molar refractivity (Wildman–Crippen MR) is 118 cm³/mol. The van der Waals surface area contributed by atoms with E-state index in [4.69, 9.17) is 0 Å². The molecular weight excluding hydrogens is 440 g/mol. The fraction of sp³-hybridized carbons (Fsp3) is 0.381. The lowest BCUT2D eigenvalue weighted by atomic mass is 9.86. The van der Waals surface area contributed by atoms with Gasteiger partial charge >= 0.3 is 0 Å². The molecule has 0 aromatic heterocycles. The monoisotopic (exact) mass is 466 g/mol. The minimum atomic E-state index is -3.59. The van der Waals surface area contributed by atoms with Gasteiger partial charge in [0.05, 0.1) is 18.0 Å². The number of carbonyl (C=O) groups is 1. The first-order valence-electron chi connectivity index (χ1n) is 9.01. The van der Waals surface area contributed by atoms with Crippen LogP contribution in [0, 0.1) is 0 Å². The molecule has 0 fully saturated rings. The van der Waals surface area contributed by atoms with Crippen LogP contribution in [-0.4, -0.2) is 27.1 Å². The lowest BCUT2D eigenvalue weighted by Gasteiger charge is -2.24. The van der Waals surface area contributed by atoms with E-state index < -0.39 is 10.0 Å². The Morgan fingerprint density at radius 2 is 1.61 bits per heavy atom. The van der Waals surface area contributed by atoms with E-state index in [0.29, 0.717) is 5.69 Å². The van der Waals surface area contributed by atoms with Crippen molar-refractivity contribution < 1.29 is 13.2 Å². The average molecular weight is 467 g/mol. The molecule has 5 nitrogen and oxygen atoms in total. The molecule has 7 heteroatoms. The number of amides is 1. The summed E-state index contributed by atoms with van der Waals surface area (Å²) >= 11 is 3.32. The van der Waals surface area contributed by atoms with Crippen LogP contribution in [0.1, 0.15) is 44.9 Å². The molecule has 2 aromatic carbocycles. The van der Waals surface area contributed by atoms with Gasteiger partial charge in [-0.25, -0.2) is 8.42 Å².